The smallest absolute Gasteiger partial charge is 0.307 e. The summed E-state index contributed by atoms with van der Waals surface area (Å²) >= 11 is 0. The lowest BCUT2D eigenvalue weighted by Crippen LogP contribution is -2.43. The number of amides is 1. The number of nitrogens with one attached hydrogen (secondary N) is 2. The minimum absolute atomic E-state index is 0.207. The quantitative estimate of drug-likeness (QED) is 0.308. The number of carboxylic acids is 2. The van der Waals surface area contributed by atoms with E-state index in [4.69, 9.17) is 4.98 Å². The molecule has 1 saturated carbocycles. The molecule has 5 rings (SSSR count). The van der Waals surface area contributed by atoms with Gasteiger partial charge in [-0.1, -0.05) is 0 Å². The Morgan fingerprint density at radius 1 is 1.12 bits per heavy atom. The van der Waals surface area contributed by atoms with E-state index in [-0.39, 0.29) is 17.9 Å². The van der Waals surface area contributed by atoms with Gasteiger partial charge in [0.05, 0.1) is 24.2 Å². The van der Waals surface area contributed by atoms with Crippen LogP contribution in [0.1, 0.15) is 42.2 Å². The molecule has 1 saturated heterocycles. The molecular formula is C27H34N8O5. The molecule has 4 N–H and O–H groups in total. The highest BCUT2D eigenvalue weighted by Crippen LogP contribution is 2.42. The normalized spacial score (nSPS) is 19.9. The van der Waals surface area contributed by atoms with Gasteiger partial charge in [-0.15, -0.1) is 0 Å². The summed E-state index contributed by atoms with van der Waals surface area (Å²) in [6.45, 7) is 3.71. The summed E-state index contributed by atoms with van der Waals surface area (Å²) in [7, 11) is 3.34. The van der Waals surface area contributed by atoms with Gasteiger partial charge in [-0.3, -0.25) is 14.4 Å². The maximum absolute atomic E-state index is 13.2. The highest BCUT2D eigenvalue weighted by Gasteiger charge is 2.38. The lowest BCUT2D eigenvalue weighted by molar-refractivity contribution is -0.150. The summed E-state index contributed by atoms with van der Waals surface area (Å²) in [5.74, 6) is -2.86. The van der Waals surface area contributed by atoms with Crippen LogP contribution in [0.2, 0.25) is 0 Å². The number of piperazine rings is 1. The molecule has 3 aromatic rings. The second-order valence-electron chi connectivity index (χ2n) is 10.6. The van der Waals surface area contributed by atoms with Gasteiger partial charge in [0, 0.05) is 57.9 Å². The van der Waals surface area contributed by atoms with Gasteiger partial charge in [0.2, 0.25) is 5.95 Å². The number of nitrogens with zero attached hydrogens (tertiary/aromatic N) is 6. The van der Waals surface area contributed by atoms with Gasteiger partial charge in [0.15, 0.2) is 0 Å². The van der Waals surface area contributed by atoms with Gasteiger partial charge in [0.25, 0.3) is 5.91 Å². The van der Waals surface area contributed by atoms with Crippen LogP contribution in [-0.2, 0) is 9.59 Å². The van der Waals surface area contributed by atoms with Crippen LogP contribution in [0.15, 0.2) is 30.6 Å². The predicted octanol–water partition coefficient (Wildman–Crippen LogP) is 2.20. The molecule has 212 valence electrons. The van der Waals surface area contributed by atoms with Crippen LogP contribution in [0.4, 0.5) is 17.5 Å². The molecule has 1 amide bonds. The molecule has 0 spiro atoms. The number of aromatic nitrogens is 4. The number of carbonyl (C=O) groups excluding carboxylic acids is 1. The van der Waals surface area contributed by atoms with Crippen LogP contribution in [0.5, 0.6) is 0 Å². The van der Waals surface area contributed by atoms with E-state index in [0.717, 1.165) is 31.9 Å². The molecule has 4 heterocycles. The fourth-order valence-electron chi connectivity index (χ4n) is 5.75. The van der Waals surface area contributed by atoms with Crippen LogP contribution in [0.3, 0.4) is 0 Å². The molecule has 3 aromatic heterocycles. The van der Waals surface area contributed by atoms with Crippen LogP contribution in [-0.4, -0.2) is 92.8 Å². The number of hydrogen-bond acceptors (Lipinski definition) is 9. The van der Waals surface area contributed by atoms with Crippen molar-refractivity contribution in [3.8, 4) is 0 Å². The van der Waals surface area contributed by atoms with Crippen LogP contribution in [0.25, 0.3) is 11.0 Å². The standard InChI is InChI=1S/C27H34N8O5/c1-33(2)25(38)21-12-17-14-30-27(31-22-6-5-19(15-29-22)34-9-7-28-8-10-34)32-24(17)35(21)18-4-3-16(11-18)20(26(39)40)13-23(36)37/h5-6,12,14-16,18,20,28H,3-4,7-11,13H2,1-2H3,(H,36,37)(H,39,40)(H,29,30,31,32). The van der Waals surface area contributed by atoms with Crippen molar-refractivity contribution in [1.82, 2.24) is 29.7 Å². The van der Waals surface area contributed by atoms with E-state index in [1.165, 1.54) is 4.90 Å². The maximum Gasteiger partial charge on any atom is 0.307 e. The van der Waals surface area contributed by atoms with Gasteiger partial charge in [-0.25, -0.2) is 9.97 Å². The van der Waals surface area contributed by atoms with E-state index < -0.39 is 24.3 Å². The molecular weight excluding hydrogens is 516 g/mol. The van der Waals surface area contributed by atoms with Crippen molar-refractivity contribution in [3.05, 3.63) is 36.3 Å². The minimum atomic E-state index is -1.14. The maximum atomic E-state index is 13.2. The zero-order valence-electron chi connectivity index (χ0n) is 22.6. The first-order valence-corrected chi connectivity index (χ1v) is 13.4. The summed E-state index contributed by atoms with van der Waals surface area (Å²) < 4.78 is 1.87. The molecule has 40 heavy (non-hydrogen) atoms. The Hall–Kier alpha value is -4.26. The SMILES string of the molecule is CN(C)C(=O)c1cc2cnc(Nc3ccc(N4CCNCC4)cn3)nc2n1C1CCC(C(CC(=O)O)C(=O)O)C1. The number of fused-ring (bicyclic) bond motifs is 1. The molecule has 1 aliphatic heterocycles. The Morgan fingerprint density at radius 3 is 2.55 bits per heavy atom. The Balaban J connectivity index is 1.43. The lowest BCUT2D eigenvalue weighted by atomic mass is 9.88. The van der Waals surface area contributed by atoms with Crippen molar-refractivity contribution in [3.63, 3.8) is 0 Å². The van der Waals surface area contributed by atoms with E-state index in [0.29, 0.717) is 47.8 Å². The van der Waals surface area contributed by atoms with E-state index in [2.05, 4.69) is 25.5 Å². The van der Waals surface area contributed by atoms with Gasteiger partial charge in [-0.2, -0.15) is 4.98 Å². The number of anilines is 3. The predicted molar refractivity (Wildman–Crippen MR) is 148 cm³/mol. The summed E-state index contributed by atoms with van der Waals surface area (Å²) in [4.78, 5) is 53.8. The molecule has 3 unspecified atom stereocenters. The van der Waals surface area contributed by atoms with Crippen molar-refractivity contribution in [1.29, 1.82) is 0 Å². The van der Waals surface area contributed by atoms with Gasteiger partial charge < -0.3 is 35.2 Å². The van der Waals surface area contributed by atoms with Gasteiger partial charge in [-0.05, 0) is 43.4 Å². The van der Waals surface area contributed by atoms with Crippen molar-refractivity contribution in [2.45, 2.75) is 31.7 Å². The summed E-state index contributed by atoms with van der Waals surface area (Å²) in [6.07, 6.45) is 4.62. The Kier molecular flexibility index (Phi) is 7.83. The summed E-state index contributed by atoms with van der Waals surface area (Å²) in [5.41, 5.74) is 2.03. The second-order valence-corrected chi connectivity index (χ2v) is 10.6. The fourth-order valence-corrected chi connectivity index (χ4v) is 5.75. The average Bonchev–Trinajstić information content (AvgIpc) is 3.56. The topological polar surface area (TPSA) is 166 Å². The third-order valence-electron chi connectivity index (χ3n) is 7.76. The van der Waals surface area contributed by atoms with Crippen molar-refractivity contribution in [2.24, 2.45) is 11.8 Å². The Bertz CT molecular complexity index is 1400. The third kappa shape index (κ3) is 5.69. The molecule has 13 nitrogen and oxygen atoms in total. The zero-order valence-corrected chi connectivity index (χ0v) is 22.6. The highest BCUT2D eigenvalue weighted by molar-refractivity contribution is 5.98. The third-order valence-corrected chi connectivity index (χ3v) is 7.76. The molecule has 2 fully saturated rings. The molecule has 0 bridgehead atoms. The van der Waals surface area contributed by atoms with Crippen LogP contribution >= 0.6 is 0 Å². The Labute approximate surface area is 231 Å². The van der Waals surface area contributed by atoms with E-state index in [9.17, 15) is 24.6 Å². The molecule has 1 aliphatic carbocycles. The number of pyridine rings is 1. The van der Waals surface area contributed by atoms with Gasteiger partial charge in [0.1, 0.15) is 17.2 Å². The largest absolute Gasteiger partial charge is 0.481 e. The monoisotopic (exact) mass is 550 g/mol. The van der Waals surface area contributed by atoms with Crippen molar-refractivity contribution in [2.75, 3.05) is 50.5 Å². The second kappa shape index (κ2) is 11.5. The molecule has 3 atom stereocenters. The number of carbonyl (C=O) groups is 3. The molecule has 2 aliphatic rings. The first-order valence-electron chi connectivity index (χ1n) is 13.4. The van der Waals surface area contributed by atoms with Gasteiger partial charge >= 0.3 is 11.9 Å². The van der Waals surface area contributed by atoms with E-state index >= 15 is 0 Å². The number of carboxylic acid groups (broad SMARTS) is 2. The number of aliphatic carboxylic acids is 2. The van der Waals surface area contributed by atoms with E-state index in [1.807, 2.05) is 22.9 Å². The summed E-state index contributed by atoms with van der Waals surface area (Å²) in [6, 6.07) is 5.42. The first-order chi connectivity index (χ1) is 19.2. The molecule has 0 aromatic carbocycles. The van der Waals surface area contributed by atoms with Crippen LogP contribution < -0.4 is 15.5 Å². The minimum Gasteiger partial charge on any atom is -0.481 e. The van der Waals surface area contributed by atoms with Crippen molar-refractivity contribution >= 4 is 46.3 Å². The highest BCUT2D eigenvalue weighted by atomic mass is 16.4. The molecule has 13 heteroatoms. The first kappa shape index (κ1) is 27.3. The fraction of sp³-hybridized carbons (Fsp3) is 0.481. The van der Waals surface area contributed by atoms with Crippen molar-refractivity contribution < 1.29 is 24.6 Å². The summed E-state index contributed by atoms with van der Waals surface area (Å²) in [5, 5.41) is 26.1. The average molecular weight is 551 g/mol. The van der Waals surface area contributed by atoms with Crippen LogP contribution in [0, 0.1) is 11.8 Å². The number of hydrogen-bond donors (Lipinski definition) is 4. The molecule has 0 radical (unpaired) electrons. The zero-order chi connectivity index (χ0) is 28.4. The lowest BCUT2D eigenvalue weighted by Gasteiger charge is -2.29. The van der Waals surface area contributed by atoms with E-state index in [1.54, 1.807) is 26.4 Å². The Morgan fingerprint density at radius 2 is 1.90 bits per heavy atom. The number of rotatable bonds is 9.